The largest absolute Gasteiger partial charge is 0.433 e. The molecule has 1 aliphatic heterocycles. The van der Waals surface area contributed by atoms with Gasteiger partial charge >= 0.3 is 6.18 Å². The first kappa shape index (κ1) is 13.6. The molecule has 1 aliphatic rings. The van der Waals surface area contributed by atoms with Crippen LogP contribution in [0.15, 0.2) is 12.1 Å². The zero-order valence-corrected chi connectivity index (χ0v) is 10.2. The summed E-state index contributed by atoms with van der Waals surface area (Å²) in [5, 5.41) is 10.7. The molecule has 0 saturated carbocycles. The number of hydrazine groups is 1. The van der Waals surface area contributed by atoms with Gasteiger partial charge in [-0.1, -0.05) is 6.42 Å². The van der Waals surface area contributed by atoms with E-state index in [2.05, 4.69) is 10.4 Å². The minimum Gasteiger partial charge on any atom is -0.302 e. The number of anilines is 1. The molecule has 102 valence electrons. The molecule has 0 spiro atoms. The minimum atomic E-state index is -4.51. The van der Waals surface area contributed by atoms with Crippen LogP contribution in [-0.4, -0.2) is 23.1 Å². The van der Waals surface area contributed by atoms with Gasteiger partial charge in [0.05, 0.1) is 5.56 Å². The lowest BCUT2D eigenvalue weighted by Gasteiger charge is -2.27. The van der Waals surface area contributed by atoms with Crippen molar-refractivity contribution in [3.05, 3.63) is 23.4 Å². The lowest BCUT2D eigenvalue weighted by atomic mass is 10.2. The van der Waals surface area contributed by atoms with Crippen LogP contribution in [0.1, 0.15) is 30.5 Å². The molecule has 0 amide bonds. The van der Waals surface area contributed by atoms with Crippen LogP contribution in [0.25, 0.3) is 0 Å². The average Bonchev–Trinajstić information content (AvgIpc) is 2.39. The molecule has 2 heterocycles. The van der Waals surface area contributed by atoms with Crippen molar-refractivity contribution in [1.29, 1.82) is 5.26 Å². The summed E-state index contributed by atoms with van der Waals surface area (Å²) in [4.78, 5) is 3.51. The normalized spacial score (nSPS) is 16.9. The second-order valence-electron chi connectivity index (χ2n) is 4.36. The molecule has 1 N–H and O–H groups in total. The molecule has 0 aromatic carbocycles. The molecule has 19 heavy (non-hydrogen) atoms. The first-order valence-electron chi connectivity index (χ1n) is 6.00. The van der Waals surface area contributed by atoms with Crippen LogP contribution < -0.4 is 5.43 Å². The molecule has 0 radical (unpaired) electrons. The third kappa shape index (κ3) is 3.35. The Morgan fingerprint density at radius 3 is 2.47 bits per heavy atom. The van der Waals surface area contributed by atoms with Gasteiger partial charge in [-0.15, -0.1) is 0 Å². The van der Waals surface area contributed by atoms with Crippen molar-refractivity contribution in [1.82, 2.24) is 9.99 Å². The first-order chi connectivity index (χ1) is 9.00. The Balaban J connectivity index is 2.23. The maximum absolute atomic E-state index is 12.6. The number of alkyl halides is 3. The van der Waals surface area contributed by atoms with Gasteiger partial charge in [0, 0.05) is 13.1 Å². The summed E-state index contributed by atoms with van der Waals surface area (Å²) in [7, 11) is 0. The fourth-order valence-electron chi connectivity index (χ4n) is 1.95. The summed E-state index contributed by atoms with van der Waals surface area (Å²) < 4.78 is 37.8. The number of nitrogens with one attached hydrogen (secondary N) is 1. The lowest BCUT2D eigenvalue weighted by molar-refractivity contribution is -0.141. The number of nitrogens with zero attached hydrogens (tertiary/aromatic N) is 3. The maximum Gasteiger partial charge on any atom is 0.433 e. The molecule has 4 nitrogen and oxygen atoms in total. The van der Waals surface area contributed by atoms with E-state index in [0.717, 1.165) is 44.5 Å². The molecule has 0 aliphatic carbocycles. The van der Waals surface area contributed by atoms with E-state index in [4.69, 9.17) is 5.26 Å². The van der Waals surface area contributed by atoms with Crippen LogP contribution in [0.3, 0.4) is 0 Å². The number of piperidine rings is 1. The van der Waals surface area contributed by atoms with Crippen molar-refractivity contribution >= 4 is 5.82 Å². The molecular formula is C12H13F3N4. The molecule has 2 rings (SSSR count). The van der Waals surface area contributed by atoms with Crippen molar-refractivity contribution in [2.24, 2.45) is 0 Å². The van der Waals surface area contributed by atoms with Crippen molar-refractivity contribution in [2.45, 2.75) is 25.4 Å². The Bertz CT molecular complexity index is 487. The van der Waals surface area contributed by atoms with E-state index in [1.165, 1.54) is 0 Å². The molecule has 1 saturated heterocycles. The highest BCUT2D eigenvalue weighted by molar-refractivity contribution is 5.51. The van der Waals surface area contributed by atoms with Crippen molar-refractivity contribution in [3.63, 3.8) is 0 Å². The second-order valence-corrected chi connectivity index (χ2v) is 4.36. The maximum atomic E-state index is 12.6. The average molecular weight is 270 g/mol. The number of nitriles is 1. The number of rotatable bonds is 2. The third-order valence-electron chi connectivity index (χ3n) is 2.93. The highest BCUT2D eigenvalue weighted by Crippen LogP contribution is 2.29. The van der Waals surface area contributed by atoms with Gasteiger partial charge < -0.3 is 5.43 Å². The fraction of sp³-hybridized carbons (Fsp3) is 0.500. The summed E-state index contributed by atoms with van der Waals surface area (Å²) in [5.74, 6) is -0.0285. The van der Waals surface area contributed by atoms with E-state index in [9.17, 15) is 13.2 Å². The van der Waals surface area contributed by atoms with Crippen molar-refractivity contribution in [2.75, 3.05) is 18.5 Å². The zero-order valence-electron chi connectivity index (χ0n) is 10.2. The van der Waals surface area contributed by atoms with Crippen LogP contribution in [0.4, 0.5) is 19.0 Å². The predicted octanol–water partition coefficient (Wildman–Crippen LogP) is 2.78. The lowest BCUT2D eigenvalue weighted by Crippen LogP contribution is -2.35. The Morgan fingerprint density at radius 1 is 1.21 bits per heavy atom. The molecule has 7 heteroatoms. The summed E-state index contributed by atoms with van der Waals surface area (Å²) in [6.45, 7) is 1.48. The quantitative estimate of drug-likeness (QED) is 0.897. The van der Waals surface area contributed by atoms with E-state index >= 15 is 0 Å². The molecular weight excluding hydrogens is 257 g/mol. The number of hydrogen-bond acceptors (Lipinski definition) is 4. The van der Waals surface area contributed by atoms with Gasteiger partial charge in [-0.05, 0) is 25.0 Å². The van der Waals surface area contributed by atoms with E-state index < -0.39 is 11.9 Å². The number of hydrogen-bond donors (Lipinski definition) is 1. The highest BCUT2D eigenvalue weighted by Gasteiger charge is 2.33. The second kappa shape index (κ2) is 5.45. The number of aromatic nitrogens is 1. The van der Waals surface area contributed by atoms with Crippen molar-refractivity contribution < 1.29 is 13.2 Å². The number of pyridine rings is 1. The van der Waals surface area contributed by atoms with E-state index in [-0.39, 0.29) is 11.4 Å². The fourth-order valence-corrected chi connectivity index (χ4v) is 1.95. The van der Waals surface area contributed by atoms with Crippen LogP contribution >= 0.6 is 0 Å². The van der Waals surface area contributed by atoms with Gasteiger partial charge in [0.15, 0.2) is 5.82 Å². The van der Waals surface area contributed by atoms with Gasteiger partial charge in [-0.25, -0.2) is 9.99 Å². The summed E-state index contributed by atoms with van der Waals surface area (Å²) in [6.07, 6.45) is -1.44. The van der Waals surface area contributed by atoms with E-state index in [0.29, 0.717) is 0 Å². The first-order valence-corrected chi connectivity index (χ1v) is 6.00. The Kier molecular flexibility index (Phi) is 3.90. The van der Waals surface area contributed by atoms with Gasteiger partial charge in [0.2, 0.25) is 0 Å². The van der Waals surface area contributed by atoms with E-state index in [1.54, 1.807) is 5.01 Å². The molecule has 1 aromatic heterocycles. The summed E-state index contributed by atoms with van der Waals surface area (Å²) in [5.41, 5.74) is 1.93. The third-order valence-corrected chi connectivity index (χ3v) is 2.93. The van der Waals surface area contributed by atoms with E-state index in [1.807, 2.05) is 6.07 Å². The zero-order chi connectivity index (χ0) is 13.9. The highest BCUT2D eigenvalue weighted by atomic mass is 19.4. The van der Waals surface area contributed by atoms with Crippen LogP contribution in [-0.2, 0) is 6.18 Å². The SMILES string of the molecule is N#Cc1ccc(C(F)(F)F)nc1NN1CCCCC1. The summed E-state index contributed by atoms with van der Waals surface area (Å²) in [6, 6.07) is 3.81. The van der Waals surface area contributed by atoms with Gasteiger partial charge in [-0.2, -0.15) is 18.4 Å². The van der Waals surface area contributed by atoms with Crippen LogP contribution in [0.5, 0.6) is 0 Å². The minimum absolute atomic E-state index is 0.0285. The molecule has 0 unspecified atom stereocenters. The Morgan fingerprint density at radius 2 is 1.89 bits per heavy atom. The molecule has 0 atom stereocenters. The smallest absolute Gasteiger partial charge is 0.302 e. The standard InChI is InChI=1S/C12H13F3N4/c13-12(14,15)10-5-4-9(8-16)11(17-10)18-19-6-2-1-3-7-19/h4-5H,1-3,6-7H2,(H,17,18). The Labute approximate surface area is 108 Å². The number of halogens is 3. The van der Waals surface area contributed by atoms with Crippen LogP contribution in [0.2, 0.25) is 0 Å². The summed E-state index contributed by atoms with van der Waals surface area (Å²) >= 11 is 0. The van der Waals surface area contributed by atoms with Gasteiger partial charge in [0.1, 0.15) is 11.8 Å². The molecule has 1 fully saturated rings. The molecule has 0 bridgehead atoms. The Hall–Kier alpha value is -1.81. The van der Waals surface area contributed by atoms with Gasteiger partial charge in [-0.3, -0.25) is 0 Å². The monoisotopic (exact) mass is 270 g/mol. The van der Waals surface area contributed by atoms with Crippen molar-refractivity contribution in [3.8, 4) is 6.07 Å². The van der Waals surface area contributed by atoms with Crippen LogP contribution in [0, 0.1) is 11.3 Å². The predicted molar refractivity (Wildman–Crippen MR) is 63.0 cm³/mol. The van der Waals surface area contributed by atoms with Gasteiger partial charge in [0.25, 0.3) is 0 Å². The topological polar surface area (TPSA) is 52.0 Å². The molecule has 1 aromatic rings.